The van der Waals surface area contributed by atoms with E-state index in [1.807, 2.05) is 0 Å². The Morgan fingerprint density at radius 1 is 1.12 bits per heavy atom. The van der Waals surface area contributed by atoms with E-state index in [1.165, 1.54) is 0 Å². The number of phosphoric acid groups is 1. The van der Waals surface area contributed by atoms with Crippen LogP contribution >= 0.6 is 7.82 Å². The molecule has 0 fully saturated rings. The summed E-state index contributed by atoms with van der Waals surface area (Å²) in [5, 5.41) is 20.9. The van der Waals surface area contributed by atoms with Crippen LogP contribution < -0.4 is 4.52 Å². The molecule has 0 aliphatic rings. The van der Waals surface area contributed by atoms with Crippen LogP contribution in [0.2, 0.25) is 0 Å². The van der Waals surface area contributed by atoms with Crippen molar-refractivity contribution < 1.29 is 28.7 Å². The van der Waals surface area contributed by atoms with E-state index in [1.54, 1.807) is 0 Å². The number of rotatable bonds is 4. The molecule has 1 rings (SSSR count). The van der Waals surface area contributed by atoms with Gasteiger partial charge in [-0.25, -0.2) is 4.57 Å². The third kappa shape index (κ3) is 3.48. The second-order valence-electron chi connectivity index (χ2n) is 2.75. The van der Waals surface area contributed by atoms with Crippen LogP contribution in [0, 0.1) is 20.2 Å². The first-order valence-corrected chi connectivity index (χ1v) is 5.42. The second-order valence-corrected chi connectivity index (χ2v) is 3.91. The van der Waals surface area contributed by atoms with Gasteiger partial charge in [-0.15, -0.1) is 0 Å². The smallest absolute Gasteiger partial charge is 0.404 e. The van der Waals surface area contributed by atoms with Crippen molar-refractivity contribution in [3.63, 3.8) is 0 Å². The van der Waals surface area contributed by atoms with E-state index in [-0.39, 0.29) is 0 Å². The fraction of sp³-hybridized carbons (Fsp3) is 0. The van der Waals surface area contributed by atoms with Crippen LogP contribution in [-0.4, -0.2) is 19.6 Å². The molecule has 0 aliphatic heterocycles. The number of nitrogens with zero attached hydrogens (tertiary/aromatic N) is 2. The summed E-state index contributed by atoms with van der Waals surface area (Å²) in [4.78, 5) is 35.8. The summed E-state index contributed by atoms with van der Waals surface area (Å²) >= 11 is 0. The van der Waals surface area contributed by atoms with Gasteiger partial charge in [0.2, 0.25) is 0 Å². The number of benzene rings is 1. The van der Waals surface area contributed by atoms with Gasteiger partial charge in [0, 0.05) is 6.07 Å². The fourth-order valence-corrected chi connectivity index (χ4v) is 1.39. The molecule has 0 aromatic heterocycles. The van der Waals surface area contributed by atoms with Crippen molar-refractivity contribution in [1.82, 2.24) is 0 Å². The maximum Gasteiger partial charge on any atom is 0.524 e. The van der Waals surface area contributed by atoms with Crippen LogP contribution in [0.15, 0.2) is 18.2 Å². The second kappa shape index (κ2) is 4.45. The van der Waals surface area contributed by atoms with Gasteiger partial charge >= 0.3 is 19.2 Å². The lowest BCUT2D eigenvalue weighted by Crippen LogP contribution is -1.98. The zero-order chi connectivity index (χ0) is 13.2. The molecule has 0 atom stereocenters. The van der Waals surface area contributed by atoms with Crippen molar-refractivity contribution in [3.8, 4) is 5.75 Å². The third-order valence-electron chi connectivity index (χ3n) is 1.56. The van der Waals surface area contributed by atoms with Crippen molar-refractivity contribution in [2.24, 2.45) is 0 Å². The van der Waals surface area contributed by atoms with Gasteiger partial charge in [0.15, 0.2) is 0 Å². The molecule has 1 aromatic rings. The highest BCUT2D eigenvalue weighted by Crippen LogP contribution is 2.40. The van der Waals surface area contributed by atoms with E-state index >= 15 is 0 Å². The Bertz CT molecular complexity index is 523. The summed E-state index contributed by atoms with van der Waals surface area (Å²) in [6, 6.07) is 2.14. The van der Waals surface area contributed by atoms with E-state index in [4.69, 9.17) is 9.79 Å². The summed E-state index contributed by atoms with van der Waals surface area (Å²) in [5.74, 6) is -0.532. The van der Waals surface area contributed by atoms with Gasteiger partial charge in [0.1, 0.15) is 5.75 Å². The molecule has 0 aliphatic carbocycles. The molecule has 0 heterocycles. The van der Waals surface area contributed by atoms with Crippen molar-refractivity contribution >= 4 is 19.2 Å². The predicted octanol–water partition coefficient (Wildman–Crippen LogP) is 0.974. The normalized spacial score (nSPS) is 10.9. The van der Waals surface area contributed by atoms with Crippen LogP contribution in [0.3, 0.4) is 0 Å². The first-order chi connectivity index (χ1) is 7.70. The molecule has 0 saturated heterocycles. The van der Waals surface area contributed by atoms with Crippen LogP contribution in [0.25, 0.3) is 0 Å². The quantitative estimate of drug-likeness (QED) is 0.463. The van der Waals surface area contributed by atoms with E-state index in [2.05, 4.69) is 4.52 Å². The van der Waals surface area contributed by atoms with Gasteiger partial charge in [-0.05, 0) is 6.07 Å². The molecule has 0 saturated carbocycles. The molecular formula is C6H5N2O8P. The van der Waals surface area contributed by atoms with E-state index in [0.717, 1.165) is 12.1 Å². The highest BCUT2D eigenvalue weighted by atomic mass is 31.2. The molecule has 11 heteroatoms. The first-order valence-electron chi connectivity index (χ1n) is 3.88. The van der Waals surface area contributed by atoms with Crippen molar-refractivity contribution in [3.05, 3.63) is 38.4 Å². The Kier molecular flexibility index (Phi) is 3.42. The number of nitro benzene ring substituents is 2. The highest BCUT2D eigenvalue weighted by Gasteiger charge is 2.26. The Labute approximate surface area is 93.0 Å². The Hall–Kier alpha value is -2.03. The minimum absolute atomic E-state index is 0.532. The summed E-state index contributed by atoms with van der Waals surface area (Å²) in [7, 11) is -4.87. The largest absolute Gasteiger partial charge is 0.524 e. The van der Waals surface area contributed by atoms with Crippen LogP contribution in [0.1, 0.15) is 0 Å². The topological polar surface area (TPSA) is 153 Å². The molecule has 0 spiro atoms. The van der Waals surface area contributed by atoms with Gasteiger partial charge in [-0.1, -0.05) is 0 Å². The Morgan fingerprint density at radius 2 is 1.65 bits per heavy atom. The fourth-order valence-electron chi connectivity index (χ4n) is 0.998. The molecule has 1 aromatic carbocycles. The number of phosphoric ester groups is 1. The number of nitro groups is 2. The molecule has 92 valence electrons. The van der Waals surface area contributed by atoms with Crippen molar-refractivity contribution in [1.29, 1.82) is 0 Å². The Morgan fingerprint density at radius 3 is 2.06 bits per heavy atom. The third-order valence-corrected chi connectivity index (χ3v) is 2.01. The zero-order valence-corrected chi connectivity index (χ0v) is 8.81. The van der Waals surface area contributed by atoms with Gasteiger partial charge in [-0.2, -0.15) is 0 Å². The maximum absolute atomic E-state index is 10.5. The van der Waals surface area contributed by atoms with Gasteiger partial charge in [0.25, 0.3) is 0 Å². The van der Waals surface area contributed by atoms with Crippen molar-refractivity contribution in [2.45, 2.75) is 0 Å². The average molecular weight is 264 g/mol. The van der Waals surface area contributed by atoms with Gasteiger partial charge < -0.3 is 4.52 Å². The summed E-state index contributed by atoms with van der Waals surface area (Å²) < 4.78 is 14.5. The predicted molar refractivity (Wildman–Crippen MR) is 52.4 cm³/mol. The maximum atomic E-state index is 10.5. The average Bonchev–Trinajstić information content (AvgIpc) is 2.14. The number of hydrogen-bond donors (Lipinski definition) is 2. The minimum atomic E-state index is -4.87. The molecule has 0 radical (unpaired) electrons. The standard InChI is InChI=1S/C6H5N2O8P/c9-7(10)5-2-1-4(16-17(13,14)15)3-6(5)8(11)12/h1-3H,(H2,13,14,15). The summed E-state index contributed by atoms with van der Waals surface area (Å²) in [5.41, 5.74) is -1.71. The lowest BCUT2D eigenvalue weighted by molar-refractivity contribution is -0.422. The first kappa shape index (κ1) is 13.0. The van der Waals surface area contributed by atoms with Crippen LogP contribution in [0.5, 0.6) is 5.75 Å². The highest BCUT2D eigenvalue weighted by molar-refractivity contribution is 7.46. The monoisotopic (exact) mass is 264 g/mol. The SMILES string of the molecule is O=[N+]([O-])c1ccc(OP(=O)(O)O)cc1[N+](=O)[O-]. The number of hydrogen-bond acceptors (Lipinski definition) is 6. The minimum Gasteiger partial charge on any atom is -0.404 e. The summed E-state index contributed by atoms with van der Waals surface area (Å²) in [6.07, 6.45) is 0. The van der Waals surface area contributed by atoms with Crippen LogP contribution in [-0.2, 0) is 4.57 Å². The van der Waals surface area contributed by atoms with Gasteiger partial charge in [0.05, 0.1) is 15.9 Å². The summed E-state index contributed by atoms with van der Waals surface area (Å²) in [6.45, 7) is 0. The lowest BCUT2D eigenvalue weighted by atomic mass is 10.2. The zero-order valence-electron chi connectivity index (χ0n) is 7.92. The Balaban J connectivity index is 3.24. The molecule has 0 unspecified atom stereocenters. The van der Waals surface area contributed by atoms with E-state index in [9.17, 15) is 24.8 Å². The van der Waals surface area contributed by atoms with E-state index < -0.39 is 34.8 Å². The van der Waals surface area contributed by atoms with Crippen LogP contribution in [0.4, 0.5) is 11.4 Å². The molecule has 0 bridgehead atoms. The van der Waals surface area contributed by atoms with E-state index in [0.29, 0.717) is 6.07 Å². The molecular weight excluding hydrogens is 259 g/mol. The molecule has 2 N–H and O–H groups in total. The van der Waals surface area contributed by atoms with Gasteiger partial charge in [-0.3, -0.25) is 30.0 Å². The molecule has 17 heavy (non-hydrogen) atoms. The van der Waals surface area contributed by atoms with Crippen molar-refractivity contribution in [2.75, 3.05) is 0 Å². The molecule has 10 nitrogen and oxygen atoms in total. The molecule has 0 amide bonds. The lowest BCUT2D eigenvalue weighted by Gasteiger charge is -2.05.